The SMILES string of the molecule is CC1CCN(Cn2nc(COc3ccccc3Cl)n(C3CC3)c2=S)CC1. The smallest absolute Gasteiger partial charge is 0.199 e. The Bertz CT molecular complexity index is 821. The van der Waals surface area contributed by atoms with Crippen LogP contribution in [0.25, 0.3) is 0 Å². The van der Waals surface area contributed by atoms with Gasteiger partial charge in [-0.05, 0) is 56.0 Å². The van der Waals surface area contributed by atoms with E-state index in [1.54, 1.807) is 0 Å². The number of piperidine rings is 1. The third-order valence-electron chi connectivity index (χ3n) is 5.26. The van der Waals surface area contributed by atoms with Crippen LogP contribution < -0.4 is 4.74 Å². The highest BCUT2D eigenvalue weighted by Crippen LogP contribution is 2.36. The van der Waals surface area contributed by atoms with Crippen LogP contribution in [0.2, 0.25) is 5.02 Å². The fraction of sp³-hybridized carbons (Fsp3) is 0.579. The first kappa shape index (κ1) is 18.0. The van der Waals surface area contributed by atoms with Crippen LogP contribution in [-0.4, -0.2) is 32.3 Å². The molecule has 4 rings (SSSR count). The van der Waals surface area contributed by atoms with Gasteiger partial charge in [-0.3, -0.25) is 9.47 Å². The van der Waals surface area contributed by atoms with E-state index in [1.165, 1.54) is 25.7 Å². The van der Waals surface area contributed by atoms with Crippen molar-refractivity contribution in [1.82, 2.24) is 19.2 Å². The lowest BCUT2D eigenvalue weighted by molar-refractivity contribution is 0.145. The number of hydrogen-bond acceptors (Lipinski definition) is 4. The van der Waals surface area contributed by atoms with Crippen LogP contribution >= 0.6 is 23.8 Å². The molecule has 1 saturated heterocycles. The molecule has 0 N–H and O–H groups in total. The summed E-state index contributed by atoms with van der Waals surface area (Å²) < 4.78 is 10.9. The standard InChI is InChI=1S/C19H25ClN4OS/c1-14-8-10-22(11-9-14)13-23-19(26)24(15-6-7-15)18(21-23)12-25-17-5-3-2-4-16(17)20/h2-5,14-15H,6-13H2,1H3. The van der Waals surface area contributed by atoms with Gasteiger partial charge in [0.05, 0.1) is 11.7 Å². The molecule has 0 bridgehead atoms. The maximum absolute atomic E-state index is 6.20. The number of likely N-dealkylation sites (tertiary alicyclic amines) is 1. The van der Waals surface area contributed by atoms with Crippen molar-refractivity contribution in [2.75, 3.05) is 13.1 Å². The van der Waals surface area contributed by atoms with Crippen molar-refractivity contribution in [3.05, 3.63) is 39.9 Å². The number of benzene rings is 1. The molecular formula is C19H25ClN4OS. The Morgan fingerprint density at radius 1 is 1.19 bits per heavy atom. The first-order chi connectivity index (χ1) is 12.6. The Kier molecular flexibility index (Phi) is 5.34. The Hall–Kier alpha value is -1.37. The summed E-state index contributed by atoms with van der Waals surface area (Å²) in [6.07, 6.45) is 4.83. The summed E-state index contributed by atoms with van der Waals surface area (Å²) in [5.41, 5.74) is 0. The van der Waals surface area contributed by atoms with Gasteiger partial charge in [0, 0.05) is 19.1 Å². The molecule has 0 radical (unpaired) electrons. The first-order valence-corrected chi connectivity index (χ1v) is 10.2. The summed E-state index contributed by atoms with van der Waals surface area (Å²) in [5.74, 6) is 2.40. The summed E-state index contributed by atoms with van der Waals surface area (Å²) in [5, 5.41) is 5.41. The number of aromatic nitrogens is 3. The largest absolute Gasteiger partial charge is 0.484 e. The zero-order valence-corrected chi connectivity index (χ0v) is 16.7. The van der Waals surface area contributed by atoms with Crippen LogP contribution in [0.4, 0.5) is 0 Å². The molecule has 1 aliphatic heterocycles. The molecule has 0 atom stereocenters. The van der Waals surface area contributed by atoms with Crippen LogP contribution in [0.15, 0.2) is 24.3 Å². The van der Waals surface area contributed by atoms with Gasteiger partial charge >= 0.3 is 0 Å². The first-order valence-electron chi connectivity index (χ1n) is 9.39. The maximum Gasteiger partial charge on any atom is 0.199 e. The van der Waals surface area contributed by atoms with Crippen molar-refractivity contribution in [3.63, 3.8) is 0 Å². The van der Waals surface area contributed by atoms with E-state index in [4.69, 9.17) is 33.7 Å². The number of halogens is 1. The van der Waals surface area contributed by atoms with Crippen molar-refractivity contribution in [2.45, 2.75) is 51.9 Å². The predicted molar refractivity (Wildman–Crippen MR) is 105 cm³/mol. The summed E-state index contributed by atoms with van der Waals surface area (Å²) in [6, 6.07) is 8.01. The summed E-state index contributed by atoms with van der Waals surface area (Å²) >= 11 is 11.9. The van der Waals surface area contributed by atoms with Crippen LogP contribution in [0.5, 0.6) is 5.75 Å². The highest BCUT2D eigenvalue weighted by molar-refractivity contribution is 7.71. The molecule has 2 aliphatic rings. The Labute approximate surface area is 164 Å². The number of hydrogen-bond donors (Lipinski definition) is 0. The maximum atomic E-state index is 6.20. The average molecular weight is 393 g/mol. The molecule has 2 fully saturated rings. The number of ether oxygens (including phenoxy) is 1. The van der Waals surface area contributed by atoms with Crippen LogP contribution in [0, 0.1) is 10.7 Å². The molecule has 2 aromatic rings. The van der Waals surface area contributed by atoms with E-state index in [-0.39, 0.29) is 0 Å². The fourth-order valence-electron chi connectivity index (χ4n) is 3.45. The molecule has 7 heteroatoms. The van der Waals surface area contributed by atoms with Crippen molar-refractivity contribution in [2.24, 2.45) is 5.92 Å². The predicted octanol–water partition coefficient (Wildman–Crippen LogP) is 4.67. The quantitative estimate of drug-likeness (QED) is 0.669. The fourth-order valence-corrected chi connectivity index (χ4v) is 4.00. The van der Waals surface area contributed by atoms with Gasteiger partial charge in [0.2, 0.25) is 0 Å². The van der Waals surface area contributed by atoms with Crippen molar-refractivity contribution in [1.29, 1.82) is 0 Å². The van der Waals surface area contributed by atoms with Crippen molar-refractivity contribution in [3.8, 4) is 5.75 Å². The lowest BCUT2D eigenvalue weighted by Gasteiger charge is -2.29. The third-order valence-corrected chi connectivity index (χ3v) is 5.98. The minimum absolute atomic E-state index is 0.383. The van der Waals surface area contributed by atoms with Gasteiger partial charge in [-0.15, -0.1) is 0 Å². The monoisotopic (exact) mass is 392 g/mol. The van der Waals surface area contributed by atoms with Gasteiger partial charge in [-0.2, -0.15) is 5.10 Å². The van der Waals surface area contributed by atoms with E-state index in [0.29, 0.717) is 23.4 Å². The second-order valence-corrected chi connectivity index (χ2v) is 8.23. The lowest BCUT2D eigenvalue weighted by atomic mass is 10.00. The minimum Gasteiger partial charge on any atom is -0.484 e. The summed E-state index contributed by atoms with van der Waals surface area (Å²) in [4.78, 5) is 2.44. The lowest BCUT2D eigenvalue weighted by Crippen LogP contribution is -2.34. The van der Waals surface area contributed by atoms with E-state index >= 15 is 0 Å². The molecule has 2 heterocycles. The van der Waals surface area contributed by atoms with E-state index in [9.17, 15) is 0 Å². The molecular weight excluding hydrogens is 368 g/mol. The van der Waals surface area contributed by atoms with Crippen LogP contribution in [0.1, 0.15) is 44.5 Å². The zero-order valence-electron chi connectivity index (χ0n) is 15.1. The van der Waals surface area contributed by atoms with E-state index in [0.717, 1.165) is 36.3 Å². The van der Waals surface area contributed by atoms with E-state index < -0.39 is 0 Å². The van der Waals surface area contributed by atoms with Gasteiger partial charge in [-0.25, -0.2) is 4.68 Å². The van der Waals surface area contributed by atoms with Gasteiger partial charge in [0.25, 0.3) is 0 Å². The number of para-hydroxylation sites is 1. The highest BCUT2D eigenvalue weighted by atomic mass is 35.5. The molecule has 1 aromatic carbocycles. The van der Waals surface area contributed by atoms with E-state index in [2.05, 4.69) is 16.4 Å². The minimum atomic E-state index is 0.383. The normalized spacial score (nSPS) is 19.0. The van der Waals surface area contributed by atoms with Gasteiger partial charge in [0.15, 0.2) is 10.6 Å². The summed E-state index contributed by atoms with van der Waals surface area (Å²) in [7, 11) is 0. The molecule has 26 heavy (non-hydrogen) atoms. The average Bonchev–Trinajstić information content (AvgIpc) is 3.42. The Balaban J connectivity index is 1.51. The van der Waals surface area contributed by atoms with Crippen molar-refractivity contribution >= 4 is 23.8 Å². The molecule has 140 valence electrons. The molecule has 1 aromatic heterocycles. The van der Waals surface area contributed by atoms with Crippen molar-refractivity contribution < 1.29 is 4.74 Å². The second kappa shape index (κ2) is 7.71. The topological polar surface area (TPSA) is 35.2 Å². The van der Waals surface area contributed by atoms with Crippen LogP contribution in [-0.2, 0) is 13.3 Å². The molecule has 5 nitrogen and oxygen atoms in total. The molecule has 1 saturated carbocycles. The van der Waals surface area contributed by atoms with Crippen LogP contribution in [0.3, 0.4) is 0 Å². The second-order valence-electron chi connectivity index (χ2n) is 7.46. The molecule has 0 unspecified atom stereocenters. The van der Waals surface area contributed by atoms with Gasteiger partial charge in [0.1, 0.15) is 12.4 Å². The van der Waals surface area contributed by atoms with E-state index in [1.807, 2.05) is 28.9 Å². The Morgan fingerprint density at radius 2 is 1.92 bits per heavy atom. The van der Waals surface area contributed by atoms with Gasteiger partial charge < -0.3 is 4.74 Å². The molecule has 0 spiro atoms. The molecule has 0 amide bonds. The number of rotatable bonds is 6. The third kappa shape index (κ3) is 3.97. The van der Waals surface area contributed by atoms with Gasteiger partial charge in [-0.1, -0.05) is 30.7 Å². The zero-order chi connectivity index (χ0) is 18.1. The summed E-state index contributed by atoms with van der Waals surface area (Å²) in [6.45, 7) is 5.71. The number of nitrogens with zero attached hydrogens (tertiary/aromatic N) is 4. The highest BCUT2D eigenvalue weighted by Gasteiger charge is 2.29. The molecule has 1 aliphatic carbocycles. The Morgan fingerprint density at radius 3 is 2.62 bits per heavy atom.